The number of hydrogen-bond donors (Lipinski definition) is 2. The molecule has 1 fully saturated rings. The van der Waals surface area contributed by atoms with Crippen LogP contribution < -0.4 is 10.6 Å². The zero-order valence-corrected chi connectivity index (χ0v) is 14.6. The maximum Gasteiger partial charge on any atom is 0.223 e. The van der Waals surface area contributed by atoms with Crippen molar-refractivity contribution in [3.8, 4) is 0 Å². The summed E-state index contributed by atoms with van der Waals surface area (Å²) >= 11 is 6.01. The first-order chi connectivity index (χ1) is 11.7. The normalized spacial score (nSPS) is 15.4. The molecule has 0 atom stereocenters. The average Bonchev–Trinajstić information content (AvgIpc) is 2.61. The van der Waals surface area contributed by atoms with Gasteiger partial charge in [0.05, 0.1) is 5.52 Å². The molecule has 2 aromatic rings. The number of nitrogens with zero attached hydrogens (tertiary/aromatic N) is 1. The van der Waals surface area contributed by atoms with Gasteiger partial charge in [-0.05, 0) is 43.5 Å². The topological polar surface area (TPSA) is 54.0 Å². The molecule has 0 aliphatic heterocycles. The second-order valence-corrected chi connectivity index (χ2v) is 6.86. The lowest BCUT2D eigenvalue weighted by Crippen LogP contribution is -2.33. The highest BCUT2D eigenvalue weighted by molar-refractivity contribution is 6.31. The van der Waals surface area contributed by atoms with Crippen LogP contribution in [0.5, 0.6) is 0 Å². The molecule has 2 N–H and O–H groups in total. The monoisotopic (exact) mass is 345 g/mol. The second kappa shape index (κ2) is 8.34. The SMILES string of the molecule is O=C(NCCCNc1ccnc2cc(Cl)ccc12)C1CCCCC1. The van der Waals surface area contributed by atoms with Gasteiger partial charge in [0.2, 0.25) is 5.91 Å². The van der Waals surface area contributed by atoms with Crippen LogP contribution in [0.25, 0.3) is 10.9 Å². The number of fused-ring (bicyclic) bond motifs is 1. The predicted molar refractivity (Wildman–Crippen MR) is 99.4 cm³/mol. The Bertz CT molecular complexity index is 698. The molecule has 1 aliphatic carbocycles. The minimum atomic E-state index is 0.235. The fourth-order valence-corrected chi connectivity index (χ4v) is 3.47. The molecular weight excluding hydrogens is 322 g/mol. The Morgan fingerprint density at radius 1 is 1.17 bits per heavy atom. The predicted octanol–water partition coefficient (Wildman–Crippen LogP) is 4.39. The lowest BCUT2D eigenvalue weighted by molar-refractivity contribution is -0.125. The molecule has 24 heavy (non-hydrogen) atoms. The smallest absolute Gasteiger partial charge is 0.223 e. The zero-order chi connectivity index (χ0) is 16.8. The van der Waals surface area contributed by atoms with E-state index in [4.69, 9.17) is 11.6 Å². The number of carbonyl (C=O) groups is 1. The maximum atomic E-state index is 12.1. The molecule has 0 saturated heterocycles. The third kappa shape index (κ3) is 4.38. The number of pyridine rings is 1. The summed E-state index contributed by atoms with van der Waals surface area (Å²) in [4.78, 5) is 16.4. The van der Waals surface area contributed by atoms with E-state index in [2.05, 4.69) is 15.6 Å². The van der Waals surface area contributed by atoms with Gasteiger partial charge in [-0.3, -0.25) is 9.78 Å². The van der Waals surface area contributed by atoms with Gasteiger partial charge in [-0.2, -0.15) is 0 Å². The molecule has 0 radical (unpaired) electrons. The third-order valence-electron chi connectivity index (χ3n) is 4.65. The summed E-state index contributed by atoms with van der Waals surface area (Å²) in [5.41, 5.74) is 1.94. The van der Waals surface area contributed by atoms with Gasteiger partial charge < -0.3 is 10.6 Å². The van der Waals surface area contributed by atoms with E-state index >= 15 is 0 Å². The molecule has 0 spiro atoms. The number of hydrogen-bond acceptors (Lipinski definition) is 3. The molecule has 1 amide bonds. The number of carbonyl (C=O) groups excluding carboxylic acids is 1. The highest BCUT2D eigenvalue weighted by Gasteiger charge is 2.20. The van der Waals surface area contributed by atoms with Crippen molar-refractivity contribution < 1.29 is 4.79 Å². The molecule has 0 bridgehead atoms. The first kappa shape index (κ1) is 17.0. The van der Waals surface area contributed by atoms with Crippen LogP contribution in [0, 0.1) is 5.92 Å². The first-order valence-corrected chi connectivity index (χ1v) is 9.18. The van der Waals surface area contributed by atoms with E-state index < -0.39 is 0 Å². The first-order valence-electron chi connectivity index (χ1n) is 8.80. The molecule has 3 rings (SSSR count). The van der Waals surface area contributed by atoms with E-state index in [-0.39, 0.29) is 11.8 Å². The van der Waals surface area contributed by atoms with Crippen molar-refractivity contribution in [3.63, 3.8) is 0 Å². The van der Waals surface area contributed by atoms with Gasteiger partial charge in [0, 0.05) is 41.3 Å². The van der Waals surface area contributed by atoms with Crippen LogP contribution in [0.2, 0.25) is 5.02 Å². The highest BCUT2D eigenvalue weighted by Crippen LogP contribution is 2.25. The largest absolute Gasteiger partial charge is 0.384 e. The van der Waals surface area contributed by atoms with Gasteiger partial charge in [-0.25, -0.2) is 0 Å². The molecule has 4 nitrogen and oxygen atoms in total. The van der Waals surface area contributed by atoms with Crippen molar-refractivity contribution in [1.29, 1.82) is 0 Å². The van der Waals surface area contributed by atoms with E-state index in [9.17, 15) is 4.79 Å². The second-order valence-electron chi connectivity index (χ2n) is 6.43. The minimum absolute atomic E-state index is 0.235. The van der Waals surface area contributed by atoms with E-state index in [0.29, 0.717) is 5.02 Å². The van der Waals surface area contributed by atoms with Crippen molar-refractivity contribution in [1.82, 2.24) is 10.3 Å². The summed E-state index contributed by atoms with van der Waals surface area (Å²) in [7, 11) is 0. The number of rotatable bonds is 6. The van der Waals surface area contributed by atoms with Gasteiger partial charge in [0.1, 0.15) is 0 Å². The summed E-state index contributed by atoms with van der Waals surface area (Å²) in [6, 6.07) is 7.70. The number of halogens is 1. The summed E-state index contributed by atoms with van der Waals surface area (Å²) in [6.07, 6.45) is 8.45. The Balaban J connectivity index is 1.44. The van der Waals surface area contributed by atoms with E-state index in [1.807, 2.05) is 24.3 Å². The molecule has 1 aliphatic rings. The van der Waals surface area contributed by atoms with Crippen LogP contribution in [-0.4, -0.2) is 24.0 Å². The zero-order valence-electron chi connectivity index (χ0n) is 13.9. The van der Waals surface area contributed by atoms with Crippen LogP contribution in [0.1, 0.15) is 38.5 Å². The Labute approximate surface area is 148 Å². The fraction of sp³-hybridized carbons (Fsp3) is 0.474. The van der Waals surface area contributed by atoms with Crippen molar-refractivity contribution in [2.75, 3.05) is 18.4 Å². The standard InChI is InChI=1S/C19H24ClN3O/c20-15-7-8-16-17(9-12-22-18(16)13-15)21-10-4-11-23-19(24)14-5-2-1-3-6-14/h7-9,12-14H,1-6,10-11H2,(H,21,22)(H,23,24). The molecule has 0 unspecified atom stereocenters. The highest BCUT2D eigenvalue weighted by atomic mass is 35.5. The number of aromatic nitrogens is 1. The Morgan fingerprint density at radius 2 is 2.00 bits per heavy atom. The van der Waals surface area contributed by atoms with Crippen LogP contribution in [-0.2, 0) is 4.79 Å². The number of anilines is 1. The van der Waals surface area contributed by atoms with Crippen LogP contribution in [0.15, 0.2) is 30.5 Å². The van der Waals surface area contributed by atoms with Crippen molar-refractivity contribution in [3.05, 3.63) is 35.5 Å². The summed E-state index contributed by atoms with van der Waals surface area (Å²) < 4.78 is 0. The van der Waals surface area contributed by atoms with Crippen molar-refractivity contribution in [2.24, 2.45) is 5.92 Å². The summed E-state index contributed by atoms with van der Waals surface area (Å²) in [5.74, 6) is 0.472. The van der Waals surface area contributed by atoms with Crippen molar-refractivity contribution >= 4 is 34.1 Å². The lowest BCUT2D eigenvalue weighted by Gasteiger charge is -2.20. The third-order valence-corrected chi connectivity index (χ3v) is 4.88. The summed E-state index contributed by atoms with van der Waals surface area (Å²) in [6.45, 7) is 1.53. The Hall–Kier alpha value is -1.81. The van der Waals surface area contributed by atoms with Gasteiger partial charge >= 0.3 is 0 Å². The minimum Gasteiger partial charge on any atom is -0.384 e. The number of nitrogens with one attached hydrogen (secondary N) is 2. The molecule has 1 aromatic heterocycles. The van der Waals surface area contributed by atoms with E-state index in [1.54, 1.807) is 6.20 Å². The molecular formula is C19H24ClN3O. The van der Waals surface area contributed by atoms with Crippen LogP contribution >= 0.6 is 11.6 Å². The number of amides is 1. The number of benzene rings is 1. The van der Waals surface area contributed by atoms with Gasteiger partial charge in [-0.1, -0.05) is 30.9 Å². The molecule has 5 heteroatoms. The van der Waals surface area contributed by atoms with E-state index in [0.717, 1.165) is 48.9 Å². The van der Waals surface area contributed by atoms with E-state index in [1.165, 1.54) is 19.3 Å². The summed E-state index contributed by atoms with van der Waals surface area (Å²) in [5, 5.41) is 8.26. The molecule has 1 heterocycles. The molecule has 1 aromatic carbocycles. The quantitative estimate of drug-likeness (QED) is 0.763. The molecule has 1 saturated carbocycles. The van der Waals surface area contributed by atoms with Gasteiger partial charge in [0.15, 0.2) is 0 Å². The lowest BCUT2D eigenvalue weighted by atomic mass is 9.89. The van der Waals surface area contributed by atoms with Gasteiger partial charge in [0.25, 0.3) is 0 Å². The maximum absolute atomic E-state index is 12.1. The van der Waals surface area contributed by atoms with Crippen molar-refractivity contribution in [2.45, 2.75) is 38.5 Å². The van der Waals surface area contributed by atoms with Crippen LogP contribution in [0.3, 0.4) is 0 Å². The Morgan fingerprint density at radius 3 is 2.83 bits per heavy atom. The fourth-order valence-electron chi connectivity index (χ4n) is 3.31. The molecule has 128 valence electrons. The average molecular weight is 346 g/mol. The van der Waals surface area contributed by atoms with Gasteiger partial charge in [-0.15, -0.1) is 0 Å². The van der Waals surface area contributed by atoms with Crippen LogP contribution in [0.4, 0.5) is 5.69 Å². The Kier molecular flexibility index (Phi) is 5.91.